The number of hydrogen-bond acceptors (Lipinski definition) is 8. The van der Waals surface area contributed by atoms with Crippen LogP contribution in [0.5, 0.6) is 11.5 Å². The Labute approximate surface area is 177 Å². The minimum absolute atomic E-state index is 0.0565. The maximum atomic E-state index is 12.1. The van der Waals surface area contributed by atoms with Crippen LogP contribution in [-0.2, 0) is 20.8 Å². The summed E-state index contributed by atoms with van der Waals surface area (Å²) in [5, 5.41) is 39.9. The molecule has 13 heteroatoms. The molecule has 0 aliphatic carbocycles. The molecular weight excluding hydrogens is 413 g/mol. The van der Waals surface area contributed by atoms with E-state index in [-0.39, 0.29) is 62.4 Å². The molecule has 31 heavy (non-hydrogen) atoms. The number of likely N-dealkylation sites (tertiary alicyclic amines) is 1. The molecule has 0 spiro atoms. The molecule has 3 amide bonds. The van der Waals surface area contributed by atoms with Gasteiger partial charge >= 0.3 is 13.1 Å². The van der Waals surface area contributed by atoms with Gasteiger partial charge in [0, 0.05) is 12.8 Å². The normalized spacial score (nSPS) is 13.3. The van der Waals surface area contributed by atoms with E-state index in [0.29, 0.717) is 0 Å². The molecule has 168 valence electrons. The van der Waals surface area contributed by atoms with Crippen LogP contribution in [0.25, 0.3) is 0 Å². The van der Waals surface area contributed by atoms with E-state index in [1.54, 1.807) is 0 Å². The standard InChI is InChI=1S/C18H24BN3O9/c20-13(23)3-4-14(24)21-7-15(25)22-8-11(9-22)31-12-2-1-10(5-6-19(29)30)17(26)16(12)18(27)28/h1-2,11,26,29-30H,3-9H2,(H2,20,23)(H,21,24)(H,27,28). The fourth-order valence-electron chi connectivity index (χ4n) is 2.91. The molecule has 0 bridgehead atoms. The molecular formula is C18H24BN3O9. The molecule has 1 aliphatic rings. The number of carbonyl (C=O) groups is 4. The Morgan fingerprint density at radius 3 is 2.45 bits per heavy atom. The maximum Gasteiger partial charge on any atom is 0.451 e. The first-order valence-electron chi connectivity index (χ1n) is 9.52. The van der Waals surface area contributed by atoms with Crippen LogP contribution < -0.4 is 15.8 Å². The van der Waals surface area contributed by atoms with Gasteiger partial charge in [0.1, 0.15) is 23.2 Å². The van der Waals surface area contributed by atoms with Crippen molar-refractivity contribution in [2.24, 2.45) is 5.73 Å². The highest BCUT2D eigenvalue weighted by Crippen LogP contribution is 2.33. The van der Waals surface area contributed by atoms with Crippen LogP contribution in [0.3, 0.4) is 0 Å². The van der Waals surface area contributed by atoms with Crippen molar-refractivity contribution >= 4 is 30.8 Å². The van der Waals surface area contributed by atoms with Crippen LogP contribution in [-0.4, -0.2) is 81.7 Å². The topological polar surface area (TPSA) is 200 Å². The lowest BCUT2D eigenvalue weighted by atomic mass is 9.82. The number of nitrogens with zero attached hydrogens (tertiary/aromatic N) is 1. The van der Waals surface area contributed by atoms with Gasteiger partial charge < -0.3 is 40.9 Å². The van der Waals surface area contributed by atoms with Gasteiger partial charge in [-0.05, 0) is 24.4 Å². The molecule has 0 aromatic heterocycles. The molecule has 2 rings (SSSR count). The predicted octanol–water partition coefficient (Wildman–Crippen LogP) is -1.92. The molecule has 1 saturated heterocycles. The number of nitrogens with two attached hydrogens (primary N) is 1. The zero-order valence-corrected chi connectivity index (χ0v) is 16.6. The summed E-state index contributed by atoms with van der Waals surface area (Å²) in [6.45, 7) is 0.0689. The molecule has 1 fully saturated rings. The number of carbonyl (C=O) groups excluding carboxylic acids is 3. The van der Waals surface area contributed by atoms with E-state index >= 15 is 0 Å². The molecule has 12 nitrogen and oxygen atoms in total. The van der Waals surface area contributed by atoms with Crippen LogP contribution in [0.4, 0.5) is 0 Å². The van der Waals surface area contributed by atoms with Crippen molar-refractivity contribution in [1.29, 1.82) is 0 Å². The van der Waals surface area contributed by atoms with E-state index in [1.165, 1.54) is 17.0 Å². The summed E-state index contributed by atoms with van der Waals surface area (Å²) >= 11 is 0. The number of benzene rings is 1. The summed E-state index contributed by atoms with van der Waals surface area (Å²) in [6.07, 6.45) is -0.745. The number of amides is 3. The van der Waals surface area contributed by atoms with E-state index in [1.807, 2.05) is 0 Å². The number of carboxylic acid groups (broad SMARTS) is 1. The second-order valence-electron chi connectivity index (χ2n) is 7.05. The summed E-state index contributed by atoms with van der Waals surface area (Å²) in [5.74, 6) is -3.46. The third-order valence-corrected chi connectivity index (χ3v) is 4.64. The molecule has 0 unspecified atom stereocenters. The molecule has 1 aliphatic heterocycles. The monoisotopic (exact) mass is 437 g/mol. The van der Waals surface area contributed by atoms with E-state index in [0.717, 1.165) is 0 Å². The summed E-state index contributed by atoms with van der Waals surface area (Å²) in [7, 11) is -1.59. The van der Waals surface area contributed by atoms with Crippen molar-refractivity contribution in [2.75, 3.05) is 19.6 Å². The van der Waals surface area contributed by atoms with Crippen LogP contribution in [0, 0.1) is 0 Å². The number of rotatable bonds is 11. The number of aryl methyl sites for hydroxylation is 1. The van der Waals surface area contributed by atoms with Crippen LogP contribution in [0.2, 0.25) is 6.32 Å². The largest absolute Gasteiger partial charge is 0.507 e. The lowest BCUT2D eigenvalue weighted by Crippen LogP contribution is -2.58. The van der Waals surface area contributed by atoms with Crippen LogP contribution >= 0.6 is 0 Å². The van der Waals surface area contributed by atoms with Crippen LogP contribution in [0.1, 0.15) is 28.8 Å². The number of aromatic carboxylic acids is 1. The maximum absolute atomic E-state index is 12.1. The molecule has 1 aromatic carbocycles. The average Bonchev–Trinajstić information content (AvgIpc) is 2.65. The highest BCUT2D eigenvalue weighted by atomic mass is 16.5. The molecule has 1 heterocycles. The Kier molecular flexibility index (Phi) is 8.22. The Hall–Kier alpha value is -3.32. The van der Waals surface area contributed by atoms with Gasteiger partial charge in [0.15, 0.2) is 0 Å². The number of primary amides is 1. The zero-order valence-electron chi connectivity index (χ0n) is 16.6. The Morgan fingerprint density at radius 1 is 1.19 bits per heavy atom. The van der Waals surface area contributed by atoms with E-state index in [9.17, 15) is 29.4 Å². The summed E-state index contributed by atoms with van der Waals surface area (Å²) in [5.41, 5.74) is 4.73. The minimum atomic E-state index is -1.59. The predicted molar refractivity (Wildman–Crippen MR) is 106 cm³/mol. The quantitative estimate of drug-likeness (QED) is 0.214. The molecule has 7 N–H and O–H groups in total. The van der Waals surface area contributed by atoms with Gasteiger partial charge in [0.2, 0.25) is 17.7 Å². The second-order valence-corrected chi connectivity index (χ2v) is 7.05. The Morgan fingerprint density at radius 2 is 1.87 bits per heavy atom. The van der Waals surface area contributed by atoms with E-state index < -0.39 is 42.3 Å². The number of carboxylic acids is 1. The number of aromatic hydroxyl groups is 1. The molecule has 0 atom stereocenters. The number of ether oxygens (including phenoxy) is 1. The number of phenols is 1. The van der Waals surface area contributed by atoms with Gasteiger partial charge in [-0.2, -0.15) is 0 Å². The molecule has 1 aromatic rings. The van der Waals surface area contributed by atoms with Crippen molar-refractivity contribution in [3.63, 3.8) is 0 Å². The van der Waals surface area contributed by atoms with Crippen LogP contribution in [0.15, 0.2) is 12.1 Å². The number of nitrogens with one attached hydrogen (secondary N) is 1. The smallest absolute Gasteiger partial charge is 0.451 e. The fraction of sp³-hybridized carbons (Fsp3) is 0.444. The first-order chi connectivity index (χ1) is 14.6. The second kappa shape index (κ2) is 10.6. The average molecular weight is 437 g/mol. The third kappa shape index (κ3) is 6.86. The van der Waals surface area contributed by atoms with Gasteiger partial charge in [-0.15, -0.1) is 0 Å². The lowest BCUT2D eigenvalue weighted by molar-refractivity contribution is -0.140. The van der Waals surface area contributed by atoms with Gasteiger partial charge in [0.05, 0.1) is 19.6 Å². The van der Waals surface area contributed by atoms with Crippen molar-refractivity contribution in [2.45, 2.75) is 31.7 Å². The van der Waals surface area contributed by atoms with Gasteiger partial charge in [-0.3, -0.25) is 14.4 Å². The van der Waals surface area contributed by atoms with E-state index in [4.69, 9.17) is 20.5 Å². The van der Waals surface area contributed by atoms with Gasteiger partial charge in [-0.1, -0.05) is 6.07 Å². The SMILES string of the molecule is NC(=O)CCC(=O)NCC(=O)N1CC(Oc2ccc(CCB(O)O)c(O)c2C(=O)O)C1. The highest BCUT2D eigenvalue weighted by Gasteiger charge is 2.33. The first-order valence-corrected chi connectivity index (χ1v) is 9.52. The minimum Gasteiger partial charge on any atom is -0.507 e. The van der Waals surface area contributed by atoms with Gasteiger partial charge in [0.25, 0.3) is 0 Å². The summed E-state index contributed by atoms with van der Waals surface area (Å²) < 4.78 is 5.60. The molecule has 0 saturated carbocycles. The van der Waals surface area contributed by atoms with Crippen molar-refractivity contribution in [3.8, 4) is 11.5 Å². The van der Waals surface area contributed by atoms with E-state index in [2.05, 4.69) is 5.32 Å². The zero-order chi connectivity index (χ0) is 23.1. The highest BCUT2D eigenvalue weighted by molar-refractivity contribution is 6.41. The fourth-order valence-corrected chi connectivity index (χ4v) is 2.91. The lowest BCUT2D eigenvalue weighted by Gasteiger charge is -2.39. The van der Waals surface area contributed by atoms with Crippen molar-refractivity contribution in [1.82, 2.24) is 10.2 Å². The van der Waals surface area contributed by atoms with Gasteiger partial charge in [-0.25, -0.2) is 4.79 Å². The molecule has 0 radical (unpaired) electrons. The Balaban J connectivity index is 1.89. The van der Waals surface area contributed by atoms with Crippen molar-refractivity contribution < 1.29 is 44.2 Å². The van der Waals surface area contributed by atoms with Crippen molar-refractivity contribution in [3.05, 3.63) is 23.3 Å². The third-order valence-electron chi connectivity index (χ3n) is 4.64. The summed E-state index contributed by atoms with van der Waals surface area (Å²) in [6, 6.07) is 2.80. The number of hydrogen-bond donors (Lipinski definition) is 6. The first kappa shape index (κ1) is 24.0. The summed E-state index contributed by atoms with van der Waals surface area (Å²) in [4.78, 5) is 47.2. The Bertz CT molecular complexity index is 856.